The van der Waals surface area contributed by atoms with Crippen LogP contribution in [0, 0.1) is 13.8 Å². The van der Waals surface area contributed by atoms with Crippen LogP contribution in [-0.2, 0) is 9.59 Å². The maximum absolute atomic E-state index is 12.3. The van der Waals surface area contributed by atoms with E-state index in [1.807, 2.05) is 32.0 Å². The van der Waals surface area contributed by atoms with Crippen LogP contribution in [-0.4, -0.2) is 24.3 Å². The molecule has 0 saturated carbocycles. The molecular weight excluding hydrogens is 462 g/mol. The van der Waals surface area contributed by atoms with Crippen LogP contribution in [0.5, 0.6) is 5.75 Å². The van der Waals surface area contributed by atoms with Crippen LogP contribution in [0.2, 0.25) is 0 Å². The van der Waals surface area contributed by atoms with E-state index in [0.717, 1.165) is 29.7 Å². The predicted octanol–water partition coefficient (Wildman–Crippen LogP) is 4.42. The van der Waals surface area contributed by atoms with Crippen molar-refractivity contribution < 1.29 is 19.1 Å². The van der Waals surface area contributed by atoms with E-state index in [0.29, 0.717) is 22.4 Å². The maximum atomic E-state index is 12.3. The fourth-order valence-corrected chi connectivity index (χ4v) is 3.15. The SMILES string of the molecule is CCCCOc1ccc(C(=O)NNC(=O)CCC(=O)Nc2cc(C)ccc2C)cc1Br. The van der Waals surface area contributed by atoms with Crippen molar-refractivity contribution in [3.8, 4) is 5.75 Å². The highest BCUT2D eigenvalue weighted by Gasteiger charge is 2.12. The molecular formula is C23H28BrN3O4. The summed E-state index contributed by atoms with van der Waals surface area (Å²) in [7, 11) is 0. The van der Waals surface area contributed by atoms with Crippen LogP contribution in [0.3, 0.4) is 0 Å². The molecule has 0 aliphatic carbocycles. The van der Waals surface area contributed by atoms with Crippen LogP contribution in [0.1, 0.15) is 54.1 Å². The van der Waals surface area contributed by atoms with Crippen molar-refractivity contribution in [2.75, 3.05) is 11.9 Å². The highest BCUT2D eigenvalue weighted by atomic mass is 79.9. The monoisotopic (exact) mass is 489 g/mol. The average molecular weight is 490 g/mol. The van der Waals surface area contributed by atoms with Crippen molar-refractivity contribution in [3.63, 3.8) is 0 Å². The van der Waals surface area contributed by atoms with E-state index in [2.05, 4.69) is 39.0 Å². The molecule has 0 radical (unpaired) electrons. The van der Waals surface area contributed by atoms with Crippen molar-refractivity contribution >= 4 is 39.3 Å². The quantitative estimate of drug-likeness (QED) is 0.358. The summed E-state index contributed by atoms with van der Waals surface area (Å²) >= 11 is 3.39. The van der Waals surface area contributed by atoms with Crippen LogP contribution < -0.4 is 20.9 Å². The Morgan fingerprint density at radius 1 is 0.968 bits per heavy atom. The van der Waals surface area contributed by atoms with Crippen LogP contribution >= 0.6 is 15.9 Å². The van der Waals surface area contributed by atoms with Crippen molar-refractivity contribution in [2.45, 2.75) is 46.5 Å². The number of anilines is 1. The highest BCUT2D eigenvalue weighted by molar-refractivity contribution is 9.10. The van der Waals surface area contributed by atoms with E-state index in [1.165, 1.54) is 0 Å². The van der Waals surface area contributed by atoms with Gasteiger partial charge < -0.3 is 10.1 Å². The number of nitrogens with one attached hydrogen (secondary N) is 3. The van der Waals surface area contributed by atoms with Gasteiger partial charge in [-0.25, -0.2) is 0 Å². The number of benzene rings is 2. The highest BCUT2D eigenvalue weighted by Crippen LogP contribution is 2.26. The number of hydrogen-bond donors (Lipinski definition) is 3. The zero-order valence-electron chi connectivity index (χ0n) is 18.0. The minimum Gasteiger partial charge on any atom is -0.492 e. The molecule has 0 saturated heterocycles. The van der Waals surface area contributed by atoms with Crippen molar-refractivity contribution in [2.24, 2.45) is 0 Å². The third-order valence-corrected chi connectivity index (χ3v) is 5.13. The lowest BCUT2D eigenvalue weighted by Crippen LogP contribution is -2.41. The second-order valence-electron chi connectivity index (χ2n) is 7.22. The van der Waals surface area contributed by atoms with Crippen LogP contribution in [0.15, 0.2) is 40.9 Å². The van der Waals surface area contributed by atoms with Gasteiger partial charge in [0.05, 0.1) is 11.1 Å². The molecule has 2 aromatic carbocycles. The lowest BCUT2D eigenvalue weighted by molar-refractivity contribution is -0.124. The van der Waals surface area contributed by atoms with Gasteiger partial charge in [-0.3, -0.25) is 25.2 Å². The summed E-state index contributed by atoms with van der Waals surface area (Å²) in [6.45, 7) is 6.53. The molecule has 0 atom stereocenters. The van der Waals surface area contributed by atoms with Gasteiger partial charge in [0.25, 0.3) is 5.91 Å². The molecule has 7 nitrogen and oxygen atoms in total. The van der Waals surface area contributed by atoms with Gasteiger partial charge in [0.15, 0.2) is 0 Å². The van der Waals surface area contributed by atoms with Crippen LogP contribution in [0.4, 0.5) is 5.69 Å². The molecule has 0 bridgehead atoms. The van der Waals surface area contributed by atoms with Gasteiger partial charge in [-0.1, -0.05) is 25.5 Å². The third kappa shape index (κ3) is 8.05. The number of carbonyl (C=O) groups is 3. The van der Waals surface area contributed by atoms with E-state index < -0.39 is 11.8 Å². The van der Waals surface area contributed by atoms with E-state index in [-0.39, 0.29) is 18.7 Å². The molecule has 166 valence electrons. The van der Waals surface area contributed by atoms with Gasteiger partial charge in [0.2, 0.25) is 11.8 Å². The molecule has 0 fully saturated rings. The molecule has 2 aromatic rings. The van der Waals surface area contributed by atoms with E-state index in [4.69, 9.17) is 4.74 Å². The van der Waals surface area contributed by atoms with E-state index >= 15 is 0 Å². The van der Waals surface area contributed by atoms with Gasteiger partial charge in [-0.05, 0) is 71.6 Å². The number of hydrazine groups is 1. The summed E-state index contributed by atoms with van der Waals surface area (Å²) < 4.78 is 6.29. The fraction of sp³-hybridized carbons (Fsp3) is 0.348. The summed E-state index contributed by atoms with van der Waals surface area (Å²) in [4.78, 5) is 36.4. The predicted molar refractivity (Wildman–Crippen MR) is 124 cm³/mol. The van der Waals surface area contributed by atoms with Crippen LogP contribution in [0.25, 0.3) is 0 Å². The topological polar surface area (TPSA) is 96.5 Å². The van der Waals surface area contributed by atoms with Gasteiger partial charge in [0.1, 0.15) is 5.75 Å². The standard InChI is InChI=1S/C23H28BrN3O4/c1-4-5-12-31-20-9-8-17(14-18(20)24)23(30)27-26-22(29)11-10-21(28)25-19-13-15(2)6-7-16(19)3/h6-9,13-14H,4-5,10-12H2,1-3H3,(H,25,28)(H,26,29)(H,27,30). The molecule has 0 aromatic heterocycles. The Morgan fingerprint density at radius 3 is 2.42 bits per heavy atom. The summed E-state index contributed by atoms with van der Waals surface area (Å²) in [5.74, 6) is -0.529. The first-order valence-electron chi connectivity index (χ1n) is 10.2. The normalized spacial score (nSPS) is 10.3. The lowest BCUT2D eigenvalue weighted by atomic mass is 10.1. The van der Waals surface area contributed by atoms with Gasteiger partial charge in [0, 0.05) is 24.1 Å². The second kappa shape index (κ2) is 12.1. The van der Waals surface area contributed by atoms with Crippen molar-refractivity contribution in [3.05, 3.63) is 57.6 Å². The number of rotatable bonds is 9. The number of ether oxygens (including phenoxy) is 1. The molecule has 0 aliphatic heterocycles. The molecule has 0 unspecified atom stereocenters. The Kier molecular flexibility index (Phi) is 9.52. The first kappa shape index (κ1) is 24.4. The van der Waals surface area contributed by atoms with E-state index in [9.17, 15) is 14.4 Å². The number of amides is 3. The number of aryl methyl sites for hydroxylation is 2. The molecule has 3 amide bonds. The second-order valence-corrected chi connectivity index (χ2v) is 8.07. The largest absolute Gasteiger partial charge is 0.492 e. The third-order valence-electron chi connectivity index (χ3n) is 4.51. The molecule has 2 rings (SSSR count). The molecule has 0 heterocycles. The van der Waals surface area contributed by atoms with Gasteiger partial charge in [-0.2, -0.15) is 0 Å². The Balaban J connectivity index is 1.77. The molecule has 8 heteroatoms. The number of carbonyl (C=O) groups excluding carboxylic acids is 3. The molecule has 0 spiro atoms. The summed E-state index contributed by atoms with van der Waals surface area (Å²) in [6.07, 6.45) is 1.93. The Morgan fingerprint density at radius 2 is 1.71 bits per heavy atom. The zero-order chi connectivity index (χ0) is 22.8. The molecule has 0 aliphatic rings. The Labute approximate surface area is 191 Å². The zero-order valence-corrected chi connectivity index (χ0v) is 19.6. The summed E-state index contributed by atoms with van der Waals surface area (Å²) in [6, 6.07) is 10.7. The van der Waals surface area contributed by atoms with Gasteiger partial charge >= 0.3 is 0 Å². The van der Waals surface area contributed by atoms with Gasteiger partial charge in [-0.15, -0.1) is 0 Å². The first-order chi connectivity index (χ1) is 14.8. The van der Waals surface area contributed by atoms with Crippen molar-refractivity contribution in [1.29, 1.82) is 0 Å². The number of unbranched alkanes of at least 4 members (excludes halogenated alkanes) is 1. The summed E-state index contributed by atoms with van der Waals surface area (Å²) in [5, 5.41) is 2.80. The average Bonchev–Trinajstić information content (AvgIpc) is 2.74. The summed E-state index contributed by atoms with van der Waals surface area (Å²) in [5.41, 5.74) is 7.76. The fourth-order valence-electron chi connectivity index (χ4n) is 2.66. The minimum absolute atomic E-state index is 0.00439. The molecule has 3 N–H and O–H groups in total. The Hall–Kier alpha value is -2.87. The number of halogens is 1. The van der Waals surface area contributed by atoms with E-state index in [1.54, 1.807) is 18.2 Å². The minimum atomic E-state index is -0.464. The maximum Gasteiger partial charge on any atom is 0.269 e. The molecule has 31 heavy (non-hydrogen) atoms. The lowest BCUT2D eigenvalue weighted by Gasteiger charge is -2.11. The smallest absolute Gasteiger partial charge is 0.269 e. The van der Waals surface area contributed by atoms with Crippen molar-refractivity contribution in [1.82, 2.24) is 10.9 Å². The first-order valence-corrected chi connectivity index (χ1v) is 11.0. The Bertz CT molecular complexity index is 946. The number of hydrogen-bond acceptors (Lipinski definition) is 4.